The van der Waals surface area contributed by atoms with E-state index >= 15 is 0 Å². The minimum Gasteiger partial charge on any atom is -0.490 e. The zero-order chi connectivity index (χ0) is 16.4. The summed E-state index contributed by atoms with van der Waals surface area (Å²) >= 11 is 0. The van der Waals surface area contributed by atoms with Crippen LogP contribution in [0.1, 0.15) is 30.9 Å². The van der Waals surface area contributed by atoms with Crippen LogP contribution in [0.2, 0.25) is 0 Å². The van der Waals surface area contributed by atoms with Crippen molar-refractivity contribution in [2.75, 3.05) is 13.2 Å². The average Bonchev–Trinajstić information content (AvgIpc) is 2.81. The van der Waals surface area contributed by atoms with Crippen LogP contribution >= 0.6 is 0 Å². The molecule has 0 saturated carbocycles. The highest BCUT2D eigenvalue weighted by Crippen LogP contribution is 2.32. The molecule has 1 aromatic carbocycles. The van der Waals surface area contributed by atoms with Crippen LogP contribution in [0, 0.1) is 6.92 Å². The van der Waals surface area contributed by atoms with Crippen LogP contribution in [0.15, 0.2) is 39.6 Å². The van der Waals surface area contributed by atoms with Crippen LogP contribution in [0.5, 0.6) is 11.5 Å². The lowest BCUT2D eigenvalue weighted by atomic mass is 10.3. The van der Waals surface area contributed by atoms with Crippen molar-refractivity contribution in [1.82, 2.24) is 4.72 Å². The lowest BCUT2D eigenvalue weighted by Crippen LogP contribution is -2.26. The maximum absolute atomic E-state index is 12.5. The van der Waals surface area contributed by atoms with Crippen molar-refractivity contribution in [3.63, 3.8) is 0 Å². The molecule has 0 radical (unpaired) electrons. The van der Waals surface area contributed by atoms with Crippen molar-refractivity contribution < 1.29 is 22.3 Å². The van der Waals surface area contributed by atoms with Gasteiger partial charge < -0.3 is 13.9 Å². The Morgan fingerprint density at radius 2 is 1.83 bits per heavy atom. The average molecular weight is 337 g/mol. The van der Waals surface area contributed by atoms with Gasteiger partial charge in [0.25, 0.3) is 0 Å². The van der Waals surface area contributed by atoms with Gasteiger partial charge >= 0.3 is 0 Å². The Morgan fingerprint density at radius 1 is 1.09 bits per heavy atom. The molecule has 124 valence electrons. The Bertz CT molecular complexity index is 797. The van der Waals surface area contributed by atoms with E-state index in [9.17, 15) is 8.42 Å². The first kappa shape index (κ1) is 15.9. The first-order chi connectivity index (χ1) is 11.0. The zero-order valence-corrected chi connectivity index (χ0v) is 13.9. The van der Waals surface area contributed by atoms with Crippen molar-refractivity contribution >= 4 is 10.0 Å². The number of nitrogens with one attached hydrogen (secondary N) is 1. The fraction of sp³-hybridized carbons (Fsp3) is 0.375. The quantitative estimate of drug-likeness (QED) is 0.928. The SMILES string of the molecule is Cc1ccc([C@H](C)NS(=O)(=O)c2ccc3c(c2)OCCCO3)o1. The molecule has 1 aliphatic heterocycles. The predicted octanol–water partition coefficient (Wildman–Crippen LogP) is 2.79. The van der Waals surface area contributed by atoms with Gasteiger partial charge in [0.05, 0.1) is 24.2 Å². The van der Waals surface area contributed by atoms with Gasteiger partial charge in [-0.15, -0.1) is 0 Å². The number of ether oxygens (including phenoxy) is 2. The Morgan fingerprint density at radius 3 is 2.52 bits per heavy atom. The Hall–Kier alpha value is -1.99. The minimum absolute atomic E-state index is 0.136. The van der Waals surface area contributed by atoms with Crippen LogP contribution in [0.4, 0.5) is 0 Å². The van der Waals surface area contributed by atoms with Gasteiger partial charge in [-0.2, -0.15) is 0 Å². The fourth-order valence-corrected chi connectivity index (χ4v) is 3.58. The summed E-state index contributed by atoms with van der Waals surface area (Å²) in [6, 6.07) is 7.71. The molecule has 0 amide bonds. The minimum atomic E-state index is -3.69. The van der Waals surface area contributed by atoms with Crippen molar-refractivity contribution in [3.05, 3.63) is 41.9 Å². The third kappa shape index (κ3) is 3.51. The molecule has 0 spiro atoms. The van der Waals surface area contributed by atoms with Crippen molar-refractivity contribution in [1.29, 1.82) is 0 Å². The lowest BCUT2D eigenvalue weighted by Gasteiger charge is -2.14. The standard InChI is InChI=1S/C16H19NO5S/c1-11-4-6-14(22-11)12(2)17-23(18,19)13-5-7-15-16(10-13)21-9-3-8-20-15/h4-7,10,12,17H,3,8-9H2,1-2H3/t12-/m0/s1. The van der Waals surface area contributed by atoms with E-state index in [0.717, 1.165) is 12.2 Å². The lowest BCUT2D eigenvalue weighted by molar-refractivity contribution is 0.297. The molecule has 7 heteroatoms. The summed E-state index contributed by atoms with van der Waals surface area (Å²) in [5.74, 6) is 2.32. The highest BCUT2D eigenvalue weighted by Gasteiger charge is 2.22. The number of sulfonamides is 1. The number of fused-ring (bicyclic) bond motifs is 1. The van der Waals surface area contributed by atoms with E-state index in [1.807, 2.05) is 6.92 Å². The van der Waals surface area contributed by atoms with Crippen LogP contribution in [0.25, 0.3) is 0 Å². The molecule has 0 fully saturated rings. The van der Waals surface area contributed by atoms with E-state index in [2.05, 4.69) is 4.72 Å². The first-order valence-electron chi connectivity index (χ1n) is 7.44. The third-order valence-electron chi connectivity index (χ3n) is 3.55. The molecule has 0 saturated heterocycles. The Kier molecular flexibility index (Phi) is 4.32. The molecule has 0 aliphatic carbocycles. The number of rotatable bonds is 4. The molecule has 2 heterocycles. The normalized spacial score (nSPS) is 15.9. The van der Waals surface area contributed by atoms with Gasteiger partial charge in [0, 0.05) is 12.5 Å². The van der Waals surface area contributed by atoms with Crippen LogP contribution in [-0.2, 0) is 10.0 Å². The van der Waals surface area contributed by atoms with Crippen LogP contribution in [0.3, 0.4) is 0 Å². The Labute approximate surface area is 135 Å². The van der Waals surface area contributed by atoms with Crippen molar-refractivity contribution in [2.45, 2.75) is 31.2 Å². The number of hydrogen-bond donors (Lipinski definition) is 1. The summed E-state index contributed by atoms with van der Waals surface area (Å²) in [5.41, 5.74) is 0. The molecule has 0 bridgehead atoms. The number of benzene rings is 1. The molecule has 0 unspecified atom stereocenters. The molecule has 1 aliphatic rings. The summed E-state index contributed by atoms with van der Waals surface area (Å²) in [4.78, 5) is 0.136. The molecule has 1 N–H and O–H groups in total. The molecule has 1 aromatic heterocycles. The summed E-state index contributed by atoms with van der Waals surface area (Å²) in [6.45, 7) is 4.62. The van der Waals surface area contributed by atoms with Gasteiger partial charge in [-0.25, -0.2) is 13.1 Å². The van der Waals surface area contributed by atoms with Gasteiger partial charge in [-0.05, 0) is 38.1 Å². The molecule has 1 atom stereocenters. The second kappa shape index (κ2) is 6.25. The second-order valence-electron chi connectivity index (χ2n) is 5.45. The number of aryl methyl sites for hydroxylation is 1. The van der Waals surface area contributed by atoms with Crippen molar-refractivity contribution in [3.8, 4) is 11.5 Å². The molecule has 3 rings (SSSR count). The van der Waals surface area contributed by atoms with Crippen LogP contribution in [-0.4, -0.2) is 21.6 Å². The van der Waals surface area contributed by atoms with Gasteiger partial charge in [0.2, 0.25) is 10.0 Å². The summed E-state index contributed by atoms with van der Waals surface area (Å²) in [6.07, 6.45) is 0.768. The van der Waals surface area contributed by atoms with E-state index in [1.54, 1.807) is 25.1 Å². The summed E-state index contributed by atoms with van der Waals surface area (Å²) < 4.78 is 44.2. The van der Waals surface area contributed by atoms with E-state index in [4.69, 9.17) is 13.9 Å². The highest BCUT2D eigenvalue weighted by atomic mass is 32.2. The van der Waals surface area contributed by atoms with E-state index in [1.165, 1.54) is 12.1 Å². The van der Waals surface area contributed by atoms with E-state index in [0.29, 0.717) is 30.5 Å². The first-order valence-corrected chi connectivity index (χ1v) is 8.92. The van der Waals surface area contributed by atoms with E-state index in [-0.39, 0.29) is 4.90 Å². The van der Waals surface area contributed by atoms with Gasteiger partial charge in [-0.3, -0.25) is 0 Å². The monoisotopic (exact) mass is 337 g/mol. The number of furan rings is 1. The van der Waals surface area contributed by atoms with Crippen LogP contribution < -0.4 is 14.2 Å². The summed E-state index contributed by atoms with van der Waals surface area (Å²) in [7, 11) is -3.69. The Balaban J connectivity index is 1.83. The predicted molar refractivity (Wildman–Crippen MR) is 84.2 cm³/mol. The largest absolute Gasteiger partial charge is 0.490 e. The molecular formula is C16H19NO5S. The fourth-order valence-electron chi connectivity index (χ4n) is 2.36. The topological polar surface area (TPSA) is 77.8 Å². The molecule has 6 nitrogen and oxygen atoms in total. The number of hydrogen-bond acceptors (Lipinski definition) is 5. The summed E-state index contributed by atoms with van der Waals surface area (Å²) in [5, 5.41) is 0. The highest BCUT2D eigenvalue weighted by molar-refractivity contribution is 7.89. The van der Waals surface area contributed by atoms with Gasteiger partial charge in [-0.1, -0.05) is 0 Å². The maximum atomic E-state index is 12.5. The van der Waals surface area contributed by atoms with Gasteiger partial charge in [0.1, 0.15) is 11.5 Å². The maximum Gasteiger partial charge on any atom is 0.241 e. The molecule has 23 heavy (non-hydrogen) atoms. The molecule has 2 aromatic rings. The smallest absolute Gasteiger partial charge is 0.241 e. The van der Waals surface area contributed by atoms with Crippen molar-refractivity contribution in [2.24, 2.45) is 0 Å². The third-order valence-corrected chi connectivity index (χ3v) is 5.09. The van der Waals surface area contributed by atoms with E-state index < -0.39 is 16.1 Å². The second-order valence-corrected chi connectivity index (χ2v) is 7.16. The molecular weight excluding hydrogens is 318 g/mol. The van der Waals surface area contributed by atoms with Gasteiger partial charge in [0.15, 0.2) is 11.5 Å². The zero-order valence-electron chi connectivity index (χ0n) is 13.0.